The van der Waals surface area contributed by atoms with Crippen molar-refractivity contribution in [3.05, 3.63) is 30.5 Å². The predicted octanol–water partition coefficient (Wildman–Crippen LogP) is 2.13. The van der Waals surface area contributed by atoms with Gasteiger partial charge in [-0.2, -0.15) is 0 Å². The van der Waals surface area contributed by atoms with E-state index in [0.717, 1.165) is 36.8 Å². The monoisotopic (exact) mass is 260 g/mol. The van der Waals surface area contributed by atoms with Crippen LogP contribution in [0.4, 0.5) is 11.5 Å². The molecule has 2 aromatic rings. The lowest BCUT2D eigenvalue weighted by atomic mass is 10.3. The first-order chi connectivity index (χ1) is 9.33. The van der Waals surface area contributed by atoms with Gasteiger partial charge in [0.1, 0.15) is 12.1 Å². The Morgan fingerprint density at radius 1 is 1.26 bits per heavy atom. The topological polar surface area (TPSA) is 67.7 Å². The van der Waals surface area contributed by atoms with Gasteiger partial charge in [-0.25, -0.2) is 4.98 Å². The first-order valence-corrected chi connectivity index (χ1v) is 6.64. The highest BCUT2D eigenvalue weighted by molar-refractivity contribution is 5.51. The van der Waals surface area contributed by atoms with Gasteiger partial charge in [0.15, 0.2) is 5.82 Å². The molecule has 19 heavy (non-hydrogen) atoms. The van der Waals surface area contributed by atoms with E-state index >= 15 is 0 Å². The standard InChI is InChI=1S/C13H20N6/c1-3-6-14-12-8-11(5-7-15-12)16-9-13-18-17-10-19(13)4-2/h5,7-8,10H,3-4,6,9H2,1-2H3,(H2,14,15,16). The van der Waals surface area contributed by atoms with Crippen molar-refractivity contribution in [2.45, 2.75) is 33.4 Å². The van der Waals surface area contributed by atoms with Gasteiger partial charge in [0, 0.05) is 31.0 Å². The van der Waals surface area contributed by atoms with Crippen molar-refractivity contribution in [3.63, 3.8) is 0 Å². The minimum atomic E-state index is 0.658. The molecule has 102 valence electrons. The number of pyridine rings is 1. The van der Waals surface area contributed by atoms with E-state index in [1.807, 2.05) is 16.7 Å². The van der Waals surface area contributed by atoms with Crippen LogP contribution in [-0.4, -0.2) is 26.3 Å². The van der Waals surface area contributed by atoms with Crippen LogP contribution in [0.5, 0.6) is 0 Å². The Morgan fingerprint density at radius 2 is 2.16 bits per heavy atom. The molecule has 0 saturated carbocycles. The molecule has 2 heterocycles. The molecule has 0 unspecified atom stereocenters. The van der Waals surface area contributed by atoms with Gasteiger partial charge in [-0.05, 0) is 19.4 Å². The van der Waals surface area contributed by atoms with Crippen LogP contribution in [0.25, 0.3) is 0 Å². The summed E-state index contributed by atoms with van der Waals surface area (Å²) in [6.45, 7) is 6.67. The molecule has 0 aliphatic heterocycles. The third-order valence-electron chi connectivity index (χ3n) is 2.80. The van der Waals surface area contributed by atoms with Crippen LogP contribution in [0.2, 0.25) is 0 Å². The van der Waals surface area contributed by atoms with Gasteiger partial charge in [-0.15, -0.1) is 10.2 Å². The van der Waals surface area contributed by atoms with Crippen LogP contribution in [-0.2, 0) is 13.1 Å². The largest absolute Gasteiger partial charge is 0.378 e. The van der Waals surface area contributed by atoms with Crippen LogP contribution in [0.3, 0.4) is 0 Å². The maximum absolute atomic E-state index is 4.27. The van der Waals surface area contributed by atoms with Crippen LogP contribution < -0.4 is 10.6 Å². The van der Waals surface area contributed by atoms with Crippen LogP contribution in [0.1, 0.15) is 26.1 Å². The molecule has 0 bridgehead atoms. The Bertz CT molecular complexity index is 507. The van der Waals surface area contributed by atoms with Gasteiger partial charge >= 0.3 is 0 Å². The minimum absolute atomic E-state index is 0.658. The molecule has 0 fully saturated rings. The van der Waals surface area contributed by atoms with E-state index in [9.17, 15) is 0 Å². The second-order valence-electron chi connectivity index (χ2n) is 4.24. The van der Waals surface area contributed by atoms with Crippen molar-refractivity contribution in [2.24, 2.45) is 0 Å². The molecular formula is C13H20N6. The highest BCUT2D eigenvalue weighted by atomic mass is 15.3. The van der Waals surface area contributed by atoms with Gasteiger partial charge in [-0.3, -0.25) is 0 Å². The van der Waals surface area contributed by atoms with Crippen molar-refractivity contribution < 1.29 is 0 Å². The maximum atomic E-state index is 4.27. The summed E-state index contributed by atoms with van der Waals surface area (Å²) in [5.41, 5.74) is 1.03. The number of nitrogens with one attached hydrogen (secondary N) is 2. The summed E-state index contributed by atoms with van der Waals surface area (Å²) in [6.07, 6.45) is 4.63. The fourth-order valence-corrected chi connectivity index (χ4v) is 1.75. The lowest BCUT2D eigenvalue weighted by molar-refractivity contribution is 0.708. The molecule has 2 rings (SSSR count). The fraction of sp³-hybridized carbons (Fsp3) is 0.462. The molecule has 2 aromatic heterocycles. The van der Waals surface area contributed by atoms with Crippen LogP contribution >= 0.6 is 0 Å². The van der Waals surface area contributed by atoms with E-state index in [1.54, 1.807) is 12.5 Å². The second-order valence-corrected chi connectivity index (χ2v) is 4.24. The molecule has 0 aliphatic carbocycles. The van der Waals surface area contributed by atoms with Crippen molar-refractivity contribution >= 4 is 11.5 Å². The Kier molecular flexibility index (Phi) is 4.72. The van der Waals surface area contributed by atoms with Crippen molar-refractivity contribution in [1.82, 2.24) is 19.7 Å². The number of hydrogen-bond donors (Lipinski definition) is 2. The molecule has 0 aromatic carbocycles. The van der Waals surface area contributed by atoms with Gasteiger partial charge in [-0.1, -0.05) is 6.92 Å². The molecule has 0 saturated heterocycles. The van der Waals surface area contributed by atoms with E-state index < -0.39 is 0 Å². The average Bonchev–Trinajstić information content (AvgIpc) is 2.91. The highest BCUT2D eigenvalue weighted by Crippen LogP contribution is 2.12. The molecule has 6 nitrogen and oxygen atoms in total. The molecule has 2 N–H and O–H groups in total. The molecular weight excluding hydrogens is 240 g/mol. The SMILES string of the molecule is CCCNc1cc(NCc2nncn2CC)ccn1. The zero-order valence-electron chi connectivity index (χ0n) is 11.4. The predicted molar refractivity (Wildman–Crippen MR) is 76.0 cm³/mol. The molecule has 0 spiro atoms. The second kappa shape index (κ2) is 6.72. The molecule has 0 radical (unpaired) electrons. The van der Waals surface area contributed by atoms with Crippen molar-refractivity contribution in [3.8, 4) is 0 Å². The molecule has 6 heteroatoms. The summed E-state index contributed by atoms with van der Waals surface area (Å²) in [5, 5.41) is 14.6. The zero-order chi connectivity index (χ0) is 13.5. The number of rotatable bonds is 7. The van der Waals surface area contributed by atoms with E-state index in [2.05, 4.69) is 39.7 Å². The van der Waals surface area contributed by atoms with Gasteiger partial charge in [0.2, 0.25) is 0 Å². The Morgan fingerprint density at radius 3 is 2.95 bits per heavy atom. The van der Waals surface area contributed by atoms with Gasteiger partial charge in [0.05, 0.1) is 6.54 Å². The zero-order valence-corrected chi connectivity index (χ0v) is 11.4. The third kappa shape index (κ3) is 3.67. The summed E-state index contributed by atoms with van der Waals surface area (Å²) in [5.74, 6) is 1.83. The Labute approximate surface area is 113 Å². The number of nitrogens with zero attached hydrogens (tertiary/aromatic N) is 4. The molecule has 0 amide bonds. The minimum Gasteiger partial charge on any atom is -0.378 e. The highest BCUT2D eigenvalue weighted by Gasteiger charge is 2.02. The lowest BCUT2D eigenvalue weighted by Crippen LogP contribution is -2.08. The number of aromatic nitrogens is 4. The number of hydrogen-bond acceptors (Lipinski definition) is 5. The maximum Gasteiger partial charge on any atom is 0.152 e. The van der Waals surface area contributed by atoms with Crippen LogP contribution in [0.15, 0.2) is 24.7 Å². The van der Waals surface area contributed by atoms with E-state index in [0.29, 0.717) is 6.54 Å². The van der Waals surface area contributed by atoms with E-state index in [-0.39, 0.29) is 0 Å². The Balaban J connectivity index is 1.95. The van der Waals surface area contributed by atoms with Crippen LogP contribution in [0, 0.1) is 0 Å². The first kappa shape index (κ1) is 13.3. The first-order valence-electron chi connectivity index (χ1n) is 6.64. The number of anilines is 2. The van der Waals surface area contributed by atoms with E-state index in [4.69, 9.17) is 0 Å². The molecule has 0 aliphatic rings. The summed E-state index contributed by atoms with van der Waals surface area (Å²) >= 11 is 0. The lowest BCUT2D eigenvalue weighted by Gasteiger charge is -2.09. The smallest absolute Gasteiger partial charge is 0.152 e. The fourth-order valence-electron chi connectivity index (χ4n) is 1.75. The summed E-state index contributed by atoms with van der Waals surface area (Å²) < 4.78 is 2.02. The third-order valence-corrected chi connectivity index (χ3v) is 2.80. The number of aryl methyl sites for hydroxylation is 1. The Hall–Kier alpha value is -2.11. The normalized spacial score (nSPS) is 10.4. The van der Waals surface area contributed by atoms with Gasteiger partial charge in [0.25, 0.3) is 0 Å². The van der Waals surface area contributed by atoms with Crippen molar-refractivity contribution in [1.29, 1.82) is 0 Å². The van der Waals surface area contributed by atoms with Crippen molar-refractivity contribution in [2.75, 3.05) is 17.2 Å². The summed E-state index contributed by atoms with van der Waals surface area (Å²) in [7, 11) is 0. The van der Waals surface area contributed by atoms with Gasteiger partial charge < -0.3 is 15.2 Å². The average molecular weight is 260 g/mol. The summed E-state index contributed by atoms with van der Waals surface area (Å²) in [4.78, 5) is 4.27. The summed E-state index contributed by atoms with van der Waals surface area (Å²) in [6, 6.07) is 3.95. The van der Waals surface area contributed by atoms with E-state index in [1.165, 1.54) is 0 Å². The molecule has 0 atom stereocenters. The quantitative estimate of drug-likeness (QED) is 0.798.